The number of hydrogen-bond donors (Lipinski definition) is 1. The molecule has 0 aromatic heterocycles. The zero-order valence-corrected chi connectivity index (χ0v) is 18.8. The molecule has 2 rings (SSSR count). The van der Waals surface area contributed by atoms with Gasteiger partial charge in [-0.15, -0.1) is 0 Å². The van der Waals surface area contributed by atoms with Crippen LogP contribution in [0.4, 0.5) is 13.6 Å². The Morgan fingerprint density at radius 3 is 2.21 bits per heavy atom. The Balaban J connectivity index is 2.58. The summed E-state index contributed by atoms with van der Waals surface area (Å²) in [6.45, 7) is 13.4. The Bertz CT molecular complexity index is 796. The Morgan fingerprint density at radius 2 is 1.75 bits per heavy atom. The van der Waals surface area contributed by atoms with Gasteiger partial charge in [-0.3, -0.25) is 4.79 Å². The number of nitrogens with zero attached hydrogens (tertiary/aromatic N) is 1. The molecule has 1 N–H and O–H groups in total. The first-order valence-electron chi connectivity index (χ1n) is 9.70. The summed E-state index contributed by atoms with van der Waals surface area (Å²) in [7, 11) is -2.12. The Morgan fingerprint density at radius 1 is 1.18 bits per heavy atom. The maximum atomic E-state index is 15.0. The second-order valence-corrected chi connectivity index (χ2v) is 14.9. The van der Waals surface area contributed by atoms with Crippen molar-refractivity contribution in [1.82, 2.24) is 4.90 Å². The fourth-order valence-electron chi connectivity index (χ4n) is 4.34. The molecule has 1 aromatic carbocycles. The molecule has 28 heavy (non-hydrogen) atoms. The summed E-state index contributed by atoms with van der Waals surface area (Å²) in [6, 6.07) is 1.01. The quantitative estimate of drug-likeness (QED) is 0.574. The molecule has 1 aromatic rings. The van der Waals surface area contributed by atoms with Gasteiger partial charge in [-0.25, -0.2) is 13.6 Å². The summed E-state index contributed by atoms with van der Waals surface area (Å²) in [5.41, 5.74) is -0.326. The number of piperidine rings is 1. The molecule has 0 bridgehead atoms. The molecule has 0 aliphatic carbocycles. The average molecular weight is 412 g/mol. The number of halogens is 2. The summed E-state index contributed by atoms with van der Waals surface area (Å²) in [6.07, 6.45) is -0.110. The summed E-state index contributed by atoms with van der Waals surface area (Å²) in [4.78, 5) is 26.4. The third-order valence-corrected chi connectivity index (χ3v) is 7.54. The summed E-state index contributed by atoms with van der Waals surface area (Å²) >= 11 is 0. The first-order chi connectivity index (χ1) is 12.7. The third-order valence-electron chi connectivity index (χ3n) is 5.56. The van der Waals surface area contributed by atoms with Crippen LogP contribution in [0.1, 0.15) is 49.5 Å². The molecule has 0 radical (unpaired) electrons. The number of Topliss-reactive ketones (excluding diaryl/α,β-unsaturated/α-hetero) is 1. The van der Waals surface area contributed by atoms with E-state index >= 15 is 4.39 Å². The predicted molar refractivity (Wildman–Crippen MR) is 109 cm³/mol. The molecule has 7 heteroatoms. The average Bonchev–Trinajstić information content (AvgIpc) is 2.55. The second-order valence-electron chi connectivity index (χ2n) is 9.89. The SMILES string of the molecule is Cc1cc([Si](C)(C)C)c(F)c(F)c1C(=O)C1CCCN(C(=O)O)[C@H]1C(C)(C)C. The van der Waals surface area contributed by atoms with Gasteiger partial charge in [0.1, 0.15) is 0 Å². The molecule has 2 atom stereocenters. The van der Waals surface area contributed by atoms with Crippen molar-refractivity contribution in [3.63, 3.8) is 0 Å². The lowest BCUT2D eigenvalue weighted by molar-refractivity contribution is 0.0232. The number of carbonyl (C=O) groups is 2. The molecule has 1 aliphatic rings. The van der Waals surface area contributed by atoms with Crippen LogP contribution >= 0.6 is 0 Å². The van der Waals surface area contributed by atoms with E-state index < -0.39 is 49.0 Å². The van der Waals surface area contributed by atoms with Gasteiger partial charge in [-0.2, -0.15) is 0 Å². The minimum absolute atomic E-state index is 0.231. The first kappa shape index (κ1) is 22.5. The van der Waals surface area contributed by atoms with Crippen molar-refractivity contribution in [3.8, 4) is 0 Å². The van der Waals surface area contributed by atoms with Crippen LogP contribution in [0.5, 0.6) is 0 Å². The molecule has 0 spiro atoms. The highest BCUT2D eigenvalue weighted by atomic mass is 28.3. The van der Waals surface area contributed by atoms with Gasteiger partial charge >= 0.3 is 6.09 Å². The number of carboxylic acid groups (broad SMARTS) is 1. The highest BCUT2D eigenvalue weighted by Gasteiger charge is 2.46. The summed E-state index contributed by atoms with van der Waals surface area (Å²) in [5, 5.41) is 9.97. The predicted octanol–water partition coefficient (Wildman–Crippen LogP) is 4.81. The van der Waals surface area contributed by atoms with Crippen LogP contribution in [0.15, 0.2) is 6.07 Å². The standard InChI is InChI=1S/C21H31F2NO3Si/c1-12-11-14(28(5,6)7)16(22)17(23)15(12)18(25)13-9-8-10-24(20(26)27)19(13)21(2,3)4/h11,13,19H,8-10H2,1-7H3,(H,26,27)/t13?,19-/m1/s1. The lowest BCUT2D eigenvalue weighted by atomic mass is 9.71. The van der Waals surface area contributed by atoms with Crippen molar-refractivity contribution in [2.45, 2.75) is 66.2 Å². The normalized spacial score (nSPS) is 21.0. The monoisotopic (exact) mass is 411 g/mol. The molecule has 0 saturated carbocycles. The van der Waals surface area contributed by atoms with Crippen LogP contribution in [0.3, 0.4) is 0 Å². The molecule has 156 valence electrons. The molecule has 1 fully saturated rings. The van der Waals surface area contributed by atoms with Crippen LogP contribution in [0.25, 0.3) is 0 Å². The van der Waals surface area contributed by atoms with E-state index in [9.17, 15) is 19.1 Å². The molecular formula is C21H31F2NO3Si. The van der Waals surface area contributed by atoms with Crippen molar-refractivity contribution in [2.24, 2.45) is 11.3 Å². The van der Waals surface area contributed by atoms with E-state index in [1.165, 1.54) is 4.90 Å². The zero-order chi connectivity index (χ0) is 21.6. The topological polar surface area (TPSA) is 57.6 Å². The number of likely N-dealkylation sites (tertiary alicyclic amines) is 1. The highest BCUT2D eigenvalue weighted by Crippen LogP contribution is 2.38. The van der Waals surface area contributed by atoms with Crippen molar-refractivity contribution < 1.29 is 23.5 Å². The van der Waals surface area contributed by atoms with Gasteiger partial charge < -0.3 is 10.0 Å². The molecule has 1 heterocycles. The fourth-order valence-corrected chi connectivity index (χ4v) is 5.76. The number of carbonyl (C=O) groups excluding carboxylic acids is 1. The van der Waals surface area contributed by atoms with Crippen LogP contribution in [0, 0.1) is 29.9 Å². The van der Waals surface area contributed by atoms with Gasteiger partial charge in [0.15, 0.2) is 17.4 Å². The lowest BCUT2D eigenvalue weighted by Gasteiger charge is -2.46. The van der Waals surface area contributed by atoms with Gasteiger partial charge in [-0.05, 0) is 35.9 Å². The minimum atomic E-state index is -2.12. The first-order valence-corrected chi connectivity index (χ1v) is 13.2. The lowest BCUT2D eigenvalue weighted by Crippen LogP contribution is -2.56. The van der Waals surface area contributed by atoms with Crippen molar-refractivity contribution in [3.05, 3.63) is 28.8 Å². The largest absolute Gasteiger partial charge is 0.465 e. The van der Waals surface area contributed by atoms with Crippen LogP contribution in [-0.4, -0.2) is 42.5 Å². The minimum Gasteiger partial charge on any atom is -0.465 e. The van der Waals surface area contributed by atoms with Crippen LogP contribution in [0.2, 0.25) is 19.6 Å². The van der Waals surface area contributed by atoms with E-state index in [0.717, 1.165) is 0 Å². The van der Waals surface area contributed by atoms with Gasteiger partial charge in [0.25, 0.3) is 0 Å². The second kappa shape index (κ2) is 7.58. The van der Waals surface area contributed by atoms with Gasteiger partial charge in [0, 0.05) is 18.5 Å². The number of ketones is 1. The van der Waals surface area contributed by atoms with E-state index in [2.05, 4.69) is 0 Å². The van der Waals surface area contributed by atoms with Crippen LogP contribution in [-0.2, 0) is 0 Å². The third kappa shape index (κ3) is 4.14. The molecule has 4 nitrogen and oxygen atoms in total. The molecule has 1 amide bonds. The maximum absolute atomic E-state index is 15.0. The summed E-state index contributed by atoms with van der Waals surface area (Å²) in [5.74, 6) is -3.23. The van der Waals surface area contributed by atoms with E-state index in [0.29, 0.717) is 30.1 Å². The number of amides is 1. The maximum Gasteiger partial charge on any atom is 0.407 e. The number of aryl methyl sites for hydroxylation is 1. The molecule has 1 saturated heterocycles. The van der Waals surface area contributed by atoms with Crippen molar-refractivity contribution >= 4 is 25.1 Å². The highest BCUT2D eigenvalue weighted by molar-refractivity contribution is 6.88. The van der Waals surface area contributed by atoms with E-state index in [1.54, 1.807) is 13.0 Å². The fraction of sp³-hybridized carbons (Fsp3) is 0.619. The molecular weight excluding hydrogens is 380 g/mol. The Labute approximate surface area is 166 Å². The number of rotatable bonds is 3. The van der Waals surface area contributed by atoms with Gasteiger partial charge in [-0.1, -0.05) is 46.5 Å². The summed E-state index contributed by atoms with van der Waals surface area (Å²) < 4.78 is 29.8. The zero-order valence-electron chi connectivity index (χ0n) is 17.8. The van der Waals surface area contributed by atoms with E-state index in [-0.39, 0.29) is 5.56 Å². The number of benzene rings is 1. The van der Waals surface area contributed by atoms with Gasteiger partial charge in [0.05, 0.1) is 13.6 Å². The Kier molecular flexibility index (Phi) is 6.09. The van der Waals surface area contributed by atoms with Crippen molar-refractivity contribution in [1.29, 1.82) is 0 Å². The van der Waals surface area contributed by atoms with Gasteiger partial charge in [0.2, 0.25) is 0 Å². The van der Waals surface area contributed by atoms with Crippen LogP contribution < -0.4 is 5.19 Å². The van der Waals surface area contributed by atoms with E-state index in [4.69, 9.17) is 0 Å². The smallest absolute Gasteiger partial charge is 0.407 e. The number of hydrogen-bond acceptors (Lipinski definition) is 2. The van der Waals surface area contributed by atoms with Crippen molar-refractivity contribution in [2.75, 3.05) is 6.54 Å². The molecule has 1 unspecified atom stereocenters. The van der Waals surface area contributed by atoms with E-state index in [1.807, 2.05) is 40.4 Å². The Hall–Kier alpha value is -1.76. The molecule has 1 aliphatic heterocycles.